The van der Waals surface area contributed by atoms with Gasteiger partial charge in [-0.1, -0.05) is 39.0 Å². The van der Waals surface area contributed by atoms with Crippen molar-refractivity contribution in [2.75, 3.05) is 5.32 Å². The number of carbonyl (C=O) groups is 3. The Kier molecular flexibility index (Phi) is 9.83. The number of Topliss-reactive ketones (excluding diaryl/α,β-unsaturated/α-hetero) is 1. The zero-order valence-corrected chi connectivity index (χ0v) is 31.0. The third kappa shape index (κ3) is 6.60. The van der Waals surface area contributed by atoms with E-state index in [0.29, 0.717) is 35.5 Å². The molecule has 11 heteroatoms. The zero-order valence-electron chi connectivity index (χ0n) is 31.0. The molecule has 2 aromatic carbocycles. The van der Waals surface area contributed by atoms with E-state index in [9.17, 15) is 24.6 Å². The molecule has 6 rings (SSSR count). The number of nitrogens with zero attached hydrogens (tertiary/aromatic N) is 2. The number of esters is 1. The number of benzene rings is 2. The summed E-state index contributed by atoms with van der Waals surface area (Å²) in [5.74, 6) is -3.09. The maximum atomic E-state index is 14.4. The van der Waals surface area contributed by atoms with Crippen molar-refractivity contribution in [2.24, 2.45) is 17.8 Å². The van der Waals surface area contributed by atoms with Crippen LogP contribution in [0.1, 0.15) is 88.7 Å². The predicted molar refractivity (Wildman–Crippen MR) is 200 cm³/mol. The highest BCUT2D eigenvalue weighted by Crippen LogP contribution is 2.54. The minimum atomic E-state index is -1.80. The molecule has 0 saturated carbocycles. The number of pyridine rings is 1. The molecule has 0 unspecified atom stereocenters. The molecule has 4 aromatic rings. The maximum Gasteiger partial charge on any atom is 0.312 e. The van der Waals surface area contributed by atoms with E-state index in [1.807, 2.05) is 25.1 Å². The monoisotopic (exact) mass is 709 g/mol. The van der Waals surface area contributed by atoms with Gasteiger partial charge in [0, 0.05) is 36.6 Å². The summed E-state index contributed by atoms with van der Waals surface area (Å²) in [6.07, 6.45) is 13.1. The molecule has 0 spiro atoms. The Labute approximate surface area is 303 Å². The fraction of sp³-hybridized carbons (Fsp3) is 0.415. The van der Waals surface area contributed by atoms with Crippen LogP contribution < -0.4 is 10.1 Å². The van der Waals surface area contributed by atoms with Crippen molar-refractivity contribution in [1.82, 2.24) is 9.38 Å². The summed E-state index contributed by atoms with van der Waals surface area (Å²) >= 11 is 0. The topological polar surface area (TPSA) is 149 Å². The number of hydrogen-bond donors (Lipinski definition) is 3. The first-order chi connectivity index (χ1) is 24.6. The highest BCUT2D eigenvalue weighted by Gasteiger charge is 2.49. The molecule has 11 nitrogen and oxygen atoms in total. The molecular formula is C41H47N3O8. The lowest BCUT2D eigenvalue weighted by Crippen LogP contribution is -2.38. The molecule has 1 amide bonds. The summed E-state index contributed by atoms with van der Waals surface area (Å²) in [6, 6.07) is 3.72. The molecular weight excluding hydrogens is 662 g/mol. The summed E-state index contributed by atoms with van der Waals surface area (Å²) in [6.45, 7) is 14.5. The van der Waals surface area contributed by atoms with E-state index in [2.05, 4.69) is 32.2 Å². The van der Waals surface area contributed by atoms with Crippen molar-refractivity contribution in [3.63, 3.8) is 0 Å². The first-order valence-electron chi connectivity index (χ1n) is 17.8. The Hall–Kier alpha value is -5.32. The van der Waals surface area contributed by atoms with E-state index in [0.717, 1.165) is 18.4 Å². The first-order valence-corrected chi connectivity index (χ1v) is 17.8. The molecule has 4 bridgehead atoms. The normalized spacial score (nSPS) is 26.9. The van der Waals surface area contributed by atoms with Gasteiger partial charge in [-0.2, -0.15) is 0 Å². The highest BCUT2D eigenvalue weighted by molar-refractivity contribution is 6.28. The van der Waals surface area contributed by atoms with Crippen molar-refractivity contribution in [1.29, 1.82) is 0 Å². The number of anilines is 1. The number of phenols is 2. The number of ether oxygens (including phenoxy) is 3. The average molecular weight is 710 g/mol. The van der Waals surface area contributed by atoms with E-state index in [1.165, 1.54) is 20.1 Å². The fourth-order valence-corrected chi connectivity index (χ4v) is 7.56. The summed E-state index contributed by atoms with van der Waals surface area (Å²) in [7, 11) is 0. The summed E-state index contributed by atoms with van der Waals surface area (Å²) in [5, 5.41) is 26.6. The van der Waals surface area contributed by atoms with E-state index in [-0.39, 0.29) is 68.5 Å². The Morgan fingerprint density at radius 1 is 1.10 bits per heavy atom. The highest BCUT2D eigenvalue weighted by atomic mass is 16.7. The number of carbonyl (C=O) groups excluding carboxylic acids is 3. The summed E-state index contributed by atoms with van der Waals surface area (Å²) in [4.78, 5) is 45.0. The van der Waals surface area contributed by atoms with Gasteiger partial charge in [-0.25, -0.2) is 4.98 Å². The molecule has 0 saturated heterocycles. The Morgan fingerprint density at radius 2 is 1.85 bits per heavy atom. The van der Waals surface area contributed by atoms with Crippen LogP contribution in [0.25, 0.3) is 27.5 Å². The number of allylic oxidation sites excluding steroid dienone is 4. The number of aromatic nitrogens is 2. The van der Waals surface area contributed by atoms with Crippen LogP contribution in [0.5, 0.6) is 17.2 Å². The largest absolute Gasteiger partial charge is 0.507 e. The number of aromatic hydroxyl groups is 2. The number of ketones is 1. The van der Waals surface area contributed by atoms with Crippen LogP contribution in [0.15, 0.2) is 54.5 Å². The first kappa shape index (κ1) is 36.5. The number of hydrogen-bond acceptors (Lipinski definition) is 9. The van der Waals surface area contributed by atoms with Crippen LogP contribution >= 0.6 is 0 Å². The van der Waals surface area contributed by atoms with E-state index in [1.54, 1.807) is 36.6 Å². The van der Waals surface area contributed by atoms with Gasteiger partial charge in [0.2, 0.25) is 0 Å². The van der Waals surface area contributed by atoms with Gasteiger partial charge < -0.3 is 29.7 Å². The minimum Gasteiger partial charge on any atom is -0.507 e. The van der Waals surface area contributed by atoms with Gasteiger partial charge in [-0.05, 0) is 88.0 Å². The lowest BCUT2D eigenvalue weighted by Gasteiger charge is -2.26. The van der Waals surface area contributed by atoms with Crippen LogP contribution in [-0.4, -0.2) is 49.1 Å². The van der Waals surface area contributed by atoms with Crippen molar-refractivity contribution in [3.05, 3.63) is 71.2 Å². The van der Waals surface area contributed by atoms with Crippen LogP contribution in [0.2, 0.25) is 0 Å². The number of fused-ring (bicyclic) bond motifs is 2. The van der Waals surface area contributed by atoms with Gasteiger partial charge in [-0.15, -0.1) is 0 Å². The second kappa shape index (κ2) is 14.0. The lowest BCUT2D eigenvalue weighted by atomic mass is 9.86. The molecule has 3 N–H and O–H groups in total. The SMILES string of the molecule is CC(=O)O[C@@H]1CC/C=C/O[C@@]2(C)Oc3c(C)c(O)c4c(O)c(c5c(nc6cc(C)ccn65)c4c3C2=O)NC(=O)/C(C)=C/C=C/[C@H](C)C[C@@H](C)C[C@H]1C. The smallest absolute Gasteiger partial charge is 0.312 e. The van der Waals surface area contributed by atoms with Crippen molar-refractivity contribution >= 4 is 50.8 Å². The molecule has 2 aliphatic heterocycles. The second-order valence-corrected chi connectivity index (χ2v) is 14.7. The van der Waals surface area contributed by atoms with Crippen LogP contribution in [-0.2, 0) is 19.1 Å². The van der Waals surface area contributed by atoms with Crippen LogP contribution in [0.3, 0.4) is 0 Å². The molecule has 52 heavy (non-hydrogen) atoms. The van der Waals surface area contributed by atoms with Gasteiger partial charge in [0.25, 0.3) is 11.7 Å². The second-order valence-electron chi connectivity index (χ2n) is 14.7. The number of phenolic OH excluding ortho intramolecular Hbond substituents is 2. The lowest BCUT2D eigenvalue weighted by molar-refractivity contribution is -0.149. The third-order valence-electron chi connectivity index (χ3n) is 10.2. The molecule has 274 valence electrons. The standard InChI is InChI=1S/C41H47N3O8/c1-21-12-11-13-24(4)40(49)43-34-35-33(42-29-20-22(2)15-16-44(29)35)30-31(37(34)47)36(46)26(6)38-32(30)39(48)41(8,52-38)50-17-10-9-14-28(51-27(7)45)25(5)19-23(3)18-21/h10-13,15-17,20-21,23,25,28,46-47H,9,14,18-19H2,1-8H3,(H,43,49)/b12-11+,17-10+,24-13+/t21-,23+,25+,28+,41-/m0/s1. The van der Waals surface area contributed by atoms with Crippen molar-refractivity contribution in [3.8, 4) is 17.2 Å². The molecule has 0 fully saturated rings. The third-order valence-corrected chi connectivity index (χ3v) is 10.2. The molecule has 2 aliphatic rings. The number of imidazole rings is 1. The van der Waals surface area contributed by atoms with Crippen molar-refractivity contribution in [2.45, 2.75) is 93.0 Å². The Bertz CT molecular complexity index is 2210. The van der Waals surface area contributed by atoms with Crippen molar-refractivity contribution < 1.29 is 38.8 Å². The molecule has 2 aromatic heterocycles. The van der Waals surface area contributed by atoms with Gasteiger partial charge in [0.05, 0.1) is 17.2 Å². The average Bonchev–Trinajstić information content (AvgIpc) is 3.57. The van der Waals surface area contributed by atoms with Gasteiger partial charge in [0.15, 0.2) is 5.75 Å². The zero-order chi connectivity index (χ0) is 37.6. The van der Waals surface area contributed by atoms with E-state index >= 15 is 0 Å². The molecule has 5 atom stereocenters. The number of amides is 1. The summed E-state index contributed by atoms with van der Waals surface area (Å²) < 4.78 is 19.7. The summed E-state index contributed by atoms with van der Waals surface area (Å²) in [5.41, 5.74) is 2.81. The van der Waals surface area contributed by atoms with E-state index < -0.39 is 23.2 Å². The Balaban J connectivity index is 1.53. The predicted octanol–water partition coefficient (Wildman–Crippen LogP) is 8.35. The molecule has 0 aliphatic carbocycles. The van der Waals surface area contributed by atoms with Gasteiger partial charge in [0.1, 0.15) is 40.0 Å². The number of aryl methyl sites for hydroxylation is 1. The quantitative estimate of drug-likeness (QED) is 0.131. The number of nitrogens with one attached hydrogen (secondary N) is 1. The molecule has 0 radical (unpaired) electrons. The maximum absolute atomic E-state index is 14.4. The van der Waals surface area contributed by atoms with Crippen LogP contribution in [0, 0.1) is 31.6 Å². The van der Waals surface area contributed by atoms with E-state index in [4.69, 9.17) is 19.2 Å². The Morgan fingerprint density at radius 3 is 2.58 bits per heavy atom. The van der Waals surface area contributed by atoms with Crippen LogP contribution in [0.4, 0.5) is 5.69 Å². The van der Waals surface area contributed by atoms with Gasteiger partial charge >= 0.3 is 11.8 Å². The molecule has 4 heterocycles. The number of rotatable bonds is 1. The van der Waals surface area contributed by atoms with Gasteiger partial charge in [-0.3, -0.25) is 18.8 Å². The fourth-order valence-electron chi connectivity index (χ4n) is 7.56. The minimum absolute atomic E-state index is 0.0412.